The van der Waals surface area contributed by atoms with E-state index in [2.05, 4.69) is 16.2 Å². The van der Waals surface area contributed by atoms with Crippen LogP contribution in [0.3, 0.4) is 0 Å². The SMILES string of the molecule is CCC(CCCF)(c1ccc(Cl)cc1)n1ccc2c(NS(C)(=O)=O)cccc21. The maximum Gasteiger partial charge on any atom is 0.229 e. The Labute approximate surface area is 170 Å². The van der Waals surface area contributed by atoms with Crippen molar-refractivity contribution in [2.24, 2.45) is 0 Å². The van der Waals surface area contributed by atoms with Gasteiger partial charge >= 0.3 is 0 Å². The molecule has 3 rings (SSSR count). The van der Waals surface area contributed by atoms with Gasteiger partial charge in [0.15, 0.2) is 0 Å². The van der Waals surface area contributed by atoms with Crippen molar-refractivity contribution in [3.63, 3.8) is 0 Å². The molecule has 0 amide bonds. The number of hydrogen-bond donors (Lipinski definition) is 1. The van der Waals surface area contributed by atoms with Gasteiger partial charge in [-0.3, -0.25) is 9.11 Å². The van der Waals surface area contributed by atoms with E-state index < -0.39 is 22.2 Å². The Morgan fingerprint density at radius 3 is 2.46 bits per heavy atom. The lowest BCUT2D eigenvalue weighted by atomic mass is 9.82. The summed E-state index contributed by atoms with van der Waals surface area (Å²) in [5.41, 5.74) is 2.02. The number of nitrogens with one attached hydrogen (secondary N) is 1. The predicted molar refractivity (Wildman–Crippen MR) is 114 cm³/mol. The highest BCUT2D eigenvalue weighted by Crippen LogP contribution is 2.39. The van der Waals surface area contributed by atoms with Crippen molar-refractivity contribution in [1.29, 1.82) is 0 Å². The van der Waals surface area contributed by atoms with Crippen LogP contribution in [0.4, 0.5) is 10.1 Å². The first kappa shape index (κ1) is 20.7. The molecule has 7 heteroatoms. The van der Waals surface area contributed by atoms with Crippen molar-refractivity contribution in [1.82, 2.24) is 4.57 Å². The zero-order valence-corrected chi connectivity index (χ0v) is 17.5. The molecule has 1 heterocycles. The van der Waals surface area contributed by atoms with Crippen molar-refractivity contribution >= 4 is 38.2 Å². The van der Waals surface area contributed by atoms with Gasteiger partial charge in [0.05, 0.1) is 29.7 Å². The molecule has 0 bridgehead atoms. The summed E-state index contributed by atoms with van der Waals surface area (Å²) in [6.45, 7) is 1.69. The average Bonchev–Trinajstić information content (AvgIpc) is 3.09. The van der Waals surface area contributed by atoms with Crippen LogP contribution < -0.4 is 4.72 Å². The Hall–Kier alpha value is -2.05. The molecule has 1 atom stereocenters. The molecule has 0 saturated carbocycles. The highest BCUT2D eigenvalue weighted by Gasteiger charge is 2.33. The van der Waals surface area contributed by atoms with Gasteiger partial charge in [0, 0.05) is 16.6 Å². The molecular weight excluding hydrogens is 399 g/mol. The Morgan fingerprint density at radius 2 is 1.86 bits per heavy atom. The Balaban J connectivity index is 2.21. The molecule has 1 aromatic heterocycles. The number of sulfonamides is 1. The molecule has 0 spiro atoms. The fourth-order valence-corrected chi connectivity index (χ4v) is 4.61. The standard InChI is InChI=1S/C21H24ClFN2O2S/c1-3-21(13-5-14-23,16-8-10-17(22)11-9-16)25-15-12-18-19(24-28(2,26)27)6-4-7-20(18)25/h4,6-12,15,24H,3,5,13-14H2,1-2H3. The zero-order chi connectivity index (χ0) is 20.4. The van der Waals surface area contributed by atoms with Gasteiger partial charge in [0.1, 0.15) is 0 Å². The van der Waals surface area contributed by atoms with Crippen molar-refractivity contribution in [2.45, 2.75) is 31.7 Å². The third-order valence-electron chi connectivity index (χ3n) is 5.18. The normalized spacial score (nSPS) is 14.1. The maximum absolute atomic E-state index is 13.1. The highest BCUT2D eigenvalue weighted by atomic mass is 35.5. The third kappa shape index (κ3) is 4.03. The fourth-order valence-electron chi connectivity index (χ4n) is 3.90. The molecular formula is C21H24ClFN2O2S. The summed E-state index contributed by atoms with van der Waals surface area (Å²) in [5, 5.41) is 1.45. The van der Waals surface area contributed by atoms with E-state index in [1.807, 2.05) is 48.7 Å². The van der Waals surface area contributed by atoms with E-state index in [1.54, 1.807) is 6.07 Å². The molecule has 1 unspecified atom stereocenters. The summed E-state index contributed by atoms with van der Waals surface area (Å²) in [4.78, 5) is 0. The topological polar surface area (TPSA) is 51.1 Å². The molecule has 0 radical (unpaired) electrons. The van der Waals surface area contributed by atoms with Gasteiger partial charge in [0.2, 0.25) is 10.0 Å². The Kier molecular flexibility index (Phi) is 6.01. The number of anilines is 1. The van der Waals surface area contributed by atoms with E-state index in [-0.39, 0.29) is 0 Å². The molecule has 1 N–H and O–H groups in total. The van der Waals surface area contributed by atoms with Crippen molar-refractivity contribution in [2.75, 3.05) is 17.7 Å². The lowest BCUT2D eigenvalue weighted by molar-refractivity contribution is 0.298. The van der Waals surface area contributed by atoms with Crippen LogP contribution in [0.1, 0.15) is 31.7 Å². The van der Waals surface area contributed by atoms with Crippen LogP contribution in [-0.2, 0) is 15.6 Å². The van der Waals surface area contributed by atoms with Gasteiger partial charge in [-0.15, -0.1) is 0 Å². The van der Waals surface area contributed by atoms with Crippen molar-refractivity contribution in [3.8, 4) is 0 Å². The molecule has 2 aromatic carbocycles. The second-order valence-corrected chi connectivity index (χ2v) is 9.17. The van der Waals surface area contributed by atoms with Gasteiger partial charge in [-0.1, -0.05) is 36.7 Å². The lowest BCUT2D eigenvalue weighted by Gasteiger charge is -2.36. The summed E-state index contributed by atoms with van der Waals surface area (Å²) in [7, 11) is -3.40. The van der Waals surface area contributed by atoms with Crippen LogP contribution in [0.25, 0.3) is 10.9 Å². The molecule has 3 aromatic rings. The molecule has 0 aliphatic rings. The van der Waals surface area contributed by atoms with Crippen molar-refractivity contribution < 1.29 is 12.8 Å². The molecule has 28 heavy (non-hydrogen) atoms. The summed E-state index contributed by atoms with van der Waals surface area (Å²) < 4.78 is 41.3. The van der Waals surface area contributed by atoms with Gasteiger partial charge in [-0.05, 0) is 55.2 Å². The Morgan fingerprint density at radius 1 is 1.14 bits per heavy atom. The second-order valence-electron chi connectivity index (χ2n) is 6.98. The van der Waals surface area contributed by atoms with Gasteiger partial charge < -0.3 is 4.57 Å². The minimum Gasteiger partial charge on any atom is -0.337 e. The van der Waals surface area contributed by atoms with E-state index in [0.717, 1.165) is 29.1 Å². The first-order valence-corrected chi connectivity index (χ1v) is 11.5. The van der Waals surface area contributed by atoms with Crippen molar-refractivity contribution in [3.05, 3.63) is 65.3 Å². The van der Waals surface area contributed by atoms with E-state index in [0.29, 0.717) is 23.6 Å². The van der Waals surface area contributed by atoms with E-state index in [9.17, 15) is 12.8 Å². The number of aromatic nitrogens is 1. The number of alkyl halides is 1. The van der Waals surface area contributed by atoms with Gasteiger partial charge in [-0.2, -0.15) is 0 Å². The minimum absolute atomic E-state index is 0.393. The van der Waals surface area contributed by atoms with Crippen LogP contribution >= 0.6 is 11.6 Å². The summed E-state index contributed by atoms with van der Waals surface area (Å²) in [5.74, 6) is 0. The summed E-state index contributed by atoms with van der Waals surface area (Å²) in [6, 6.07) is 15.1. The summed E-state index contributed by atoms with van der Waals surface area (Å²) >= 11 is 6.08. The molecule has 0 saturated heterocycles. The van der Waals surface area contributed by atoms with E-state index in [4.69, 9.17) is 11.6 Å². The number of hydrogen-bond acceptors (Lipinski definition) is 2. The number of halogens is 2. The van der Waals surface area contributed by atoms with Gasteiger partial charge in [0.25, 0.3) is 0 Å². The van der Waals surface area contributed by atoms with E-state index in [1.165, 1.54) is 0 Å². The quantitative estimate of drug-likeness (QED) is 0.516. The van der Waals surface area contributed by atoms with Crippen LogP contribution in [0.2, 0.25) is 5.02 Å². The average molecular weight is 423 g/mol. The van der Waals surface area contributed by atoms with Crippen LogP contribution in [-0.4, -0.2) is 25.9 Å². The molecule has 150 valence electrons. The smallest absolute Gasteiger partial charge is 0.229 e. The second kappa shape index (κ2) is 8.13. The number of fused-ring (bicyclic) bond motifs is 1. The summed E-state index contributed by atoms with van der Waals surface area (Å²) in [6.07, 6.45) is 4.89. The number of rotatable bonds is 8. The fraction of sp³-hybridized carbons (Fsp3) is 0.333. The molecule has 0 aliphatic heterocycles. The largest absolute Gasteiger partial charge is 0.337 e. The minimum atomic E-state index is -3.40. The van der Waals surface area contributed by atoms with Crippen LogP contribution in [0, 0.1) is 0 Å². The molecule has 4 nitrogen and oxygen atoms in total. The number of benzene rings is 2. The number of nitrogens with zero attached hydrogens (tertiary/aromatic N) is 1. The highest BCUT2D eigenvalue weighted by molar-refractivity contribution is 7.92. The Bertz CT molecular complexity index is 1060. The van der Waals surface area contributed by atoms with Crippen LogP contribution in [0.15, 0.2) is 54.7 Å². The monoisotopic (exact) mass is 422 g/mol. The zero-order valence-electron chi connectivity index (χ0n) is 16.0. The first-order valence-electron chi connectivity index (χ1n) is 9.21. The lowest BCUT2D eigenvalue weighted by Crippen LogP contribution is -2.34. The maximum atomic E-state index is 13.1. The van der Waals surface area contributed by atoms with Crippen LogP contribution in [0.5, 0.6) is 0 Å². The first-order chi connectivity index (χ1) is 13.3. The molecule has 0 aliphatic carbocycles. The molecule has 0 fully saturated rings. The van der Waals surface area contributed by atoms with E-state index >= 15 is 0 Å². The third-order valence-corrected chi connectivity index (χ3v) is 6.02. The predicted octanol–water partition coefficient (Wildman–Crippen LogP) is 5.57. The van der Waals surface area contributed by atoms with Gasteiger partial charge in [-0.25, -0.2) is 8.42 Å².